The van der Waals surface area contributed by atoms with Gasteiger partial charge in [0.05, 0.1) is 6.61 Å². The summed E-state index contributed by atoms with van der Waals surface area (Å²) < 4.78 is 8.61. The molecule has 2 heterocycles. The molecule has 0 saturated carbocycles. The summed E-state index contributed by atoms with van der Waals surface area (Å²) in [5.41, 5.74) is 0.973. The van der Waals surface area contributed by atoms with Gasteiger partial charge in [-0.2, -0.15) is 0 Å². The van der Waals surface area contributed by atoms with E-state index in [0.717, 1.165) is 11.3 Å². The van der Waals surface area contributed by atoms with E-state index in [2.05, 4.69) is 80.4 Å². The molecule has 2 aromatic carbocycles. The van der Waals surface area contributed by atoms with Crippen LogP contribution in [0.15, 0.2) is 88.1 Å². The van der Waals surface area contributed by atoms with E-state index in [1.54, 1.807) is 29.4 Å². The van der Waals surface area contributed by atoms with Crippen molar-refractivity contribution in [2.45, 2.75) is 38.1 Å². The lowest BCUT2D eigenvalue weighted by Gasteiger charge is -2.43. The predicted molar refractivity (Wildman–Crippen MR) is 139 cm³/mol. The lowest BCUT2D eigenvalue weighted by Crippen LogP contribution is -2.66. The van der Waals surface area contributed by atoms with Crippen LogP contribution in [0.2, 0.25) is 5.04 Å². The molecule has 1 N–H and O–H groups in total. The van der Waals surface area contributed by atoms with Crippen molar-refractivity contribution in [3.8, 4) is 0 Å². The number of rotatable bonds is 6. The highest BCUT2D eigenvalue weighted by Gasteiger charge is 2.50. The predicted octanol–water partition coefficient (Wildman–Crippen LogP) is 3.59. The van der Waals surface area contributed by atoms with Crippen LogP contribution in [0.1, 0.15) is 31.7 Å². The normalized spacial score (nSPS) is 16.6. The van der Waals surface area contributed by atoms with Gasteiger partial charge in [0.2, 0.25) is 0 Å². The minimum atomic E-state index is -2.61. The molecule has 0 spiro atoms. The number of aromatic amines is 1. The first-order valence-electron chi connectivity index (χ1n) is 11.1. The molecule has 0 saturated heterocycles. The molecule has 1 aliphatic rings. The Morgan fingerprint density at radius 1 is 1.03 bits per heavy atom. The second kappa shape index (κ2) is 9.33. The highest BCUT2D eigenvalue weighted by molar-refractivity contribution is 7.99. The van der Waals surface area contributed by atoms with Crippen LogP contribution in [0.3, 0.4) is 0 Å². The zero-order chi connectivity index (χ0) is 23.6. The summed E-state index contributed by atoms with van der Waals surface area (Å²) in [4.78, 5) is 26.5. The van der Waals surface area contributed by atoms with Crippen LogP contribution in [0.4, 0.5) is 0 Å². The Labute approximate surface area is 199 Å². The van der Waals surface area contributed by atoms with Crippen molar-refractivity contribution in [2.75, 3.05) is 12.4 Å². The number of H-pyrrole nitrogens is 1. The number of hydrogen-bond donors (Lipinski definition) is 1. The number of benzene rings is 2. The fourth-order valence-electron chi connectivity index (χ4n) is 4.48. The van der Waals surface area contributed by atoms with Crippen molar-refractivity contribution in [3.63, 3.8) is 0 Å². The molecule has 1 aromatic heterocycles. The third-order valence-electron chi connectivity index (χ3n) is 6.13. The number of hydrogen-bond acceptors (Lipinski definition) is 4. The molecule has 0 radical (unpaired) electrons. The minimum absolute atomic E-state index is 0.0889. The molecule has 0 aliphatic carbocycles. The van der Waals surface area contributed by atoms with Gasteiger partial charge in [0.1, 0.15) is 5.37 Å². The Hall–Kier alpha value is -2.61. The molecule has 0 bridgehead atoms. The van der Waals surface area contributed by atoms with Crippen molar-refractivity contribution in [1.82, 2.24) is 9.55 Å². The van der Waals surface area contributed by atoms with Gasteiger partial charge in [0, 0.05) is 17.5 Å². The van der Waals surface area contributed by atoms with E-state index in [4.69, 9.17) is 4.43 Å². The zero-order valence-electron chi connectivity index (χ0n) is 19.5. The summed E-state index contributed by atoms with van der Waals surface area (Å²) in [6.45, 7) is 9.02. The molecule has 33 heavy (non-hydrogen) atoms. The Morgan fingerprint density at radius 2 is 1.61 bits per heavy atom. The summed E-state index contributed by atoms with van der Waals surface area (Å²) in [5, 5.41) is 2.26. The van der Waals surface area contributed by atoms with Crippen LogP contribution in [0, 0.1) is 6.92 Å². The molecule has 5 nitrogen and oxygen atoms in total. The molecule has 172 valence electrons. The SMILES string of the molecule is Cc1cn(C2C=C(CO[Si](c3ccccc3)(c3ccccc3)C(C)(C)C)CS2)c(=O)[nH]c1=O. The van der Waals surface area contributed by atoms with Gasteiger partial charge in [0.25, 0.3) is 13.9 Å². The maximum Gasteiger partial charge on any atom is 0.329 e. The van der Waals surface area contributed by atoms with E-state index in [1.165, 1.54) is 10.4 Å². The van der Waals surface area contributed by atoms with E-state index in [9.17, 15) is 9.59 Å². The highest BCUT2D eigenvalue weighted by atomic mass is 32.2. The fourth-order valence-corrected chi connectivity index (χ4v) is 10.2. The molecule has 1 unspecified atom stereocenters. The smallest absolute Gasteiger partial charge is 0.329 e. The van der Waals surface area contributed by atoms with Gasteiger partial charge in [-0.25, -0.2) is 4.79 Å². The van der Waals surface area contributed by atoms with Gasteiger partial charge in [-0.1, -0.05) is 81.4 Å². The molecule has 1 aliphatic heterocycles. The second-order valence-electron chi connectivity index (χ2n) is 9.46. The molecular weight excluding hydrogens is 448 g/mol. The quantitative estimate of drug-likeness (QED) is 0.434. The average Bonchev–Trinajstić information content (AvgIpc) is 3.26. The molecule has 0 amide bonds. The van der Waals surface area contributed by atoms with Crippen LogP contribution in [0.5, 0.6) is 0 Å². The third kappa shape index (κ3) is 4.58. The van der Waals surface area contributed by atoms with Crippen LogP contribution in [-0.2, 0) is 4.43 Å². The van der Waals surface area contributed by atoms with Gasteiger partial charge < -0.3 is 4.43 Å². The van der Waals surface area contributed by atoms with E-state index in [-0.39, 0.29) is 21.7 Å². The highest BCUT2D eigenvalue weighted by Crippen LogP contribution is 2.38. The molecule has 4 rings (SSSR count). The van der Waals surface area contributed by atoms with E-state index >= 15 is 0 Å². The summed E-state index contributed by atoms with van der Waals surface area (Å²) in [7, 11) is -2.61. The van der Waals surface area contributed by atoms with Crippen molar-refractivity contribution in [1.29, 1.82) is 0 Å². The molecular formula is C26H30N2O3SSi. The van der Waals surface area contributed by atoms with Crippen molar-refractivity contribution in [3.05, 3.63) is 105 Å². The van der Waals surface area contributed by atoms with Gasteiger partial charge in [-0.05, 0) is 34.0 Å². The monoisotopic (exact) mass is 478 g/mol. The Bertz CT molecular complexity index is 1220. The van der Waals surface area contributed by atoms with Crippen LogP contribution < -0.4 is 21.6 Å². The summed E-state index contributed by atoms with van der Waals surface area (Å²) in [6.07, 6.45) is 3.74. The van der Waals surface area contributed by atoms with E-state index < -0.39 is 8.32 Å². The van der Waals surface area contributed by atoms with E-state index in [1.807, 2.05) is 12.1 Å². The van der Waals surface area contributed by atoms with Crippen LogP contribution in [-0.4, -0.2) is 30.2 Å². The van der Waals surface area contributed by atoms with Gasteiger partial charge >= 0.3 is 5.69 Å². The number of aryl methyl sites for hydroxylation is 1. The Morgan fingerprint density at radius 3 is 2.15 bits per heavy atom. The first kappa shape index (κ1) is 23.5. The summed E-state index contributed by atoms with van der Waals surface area (Å²) >= 11 is 1.67. The van der Waals surface area contributed by atoms with Crippen LogP contribution >= 0.6 is 11.8 Å². The Balaban J connectivity index is 1.69. The largest absolute Gasteiger partial charge is 0.403 e. The number of nitrogens with one attached hydrogen (secondary N) is 1. The second-order valence-corrected chi connectivity index (χ2v) is 14.9. The number of aromatic nitrogens is 2. The minimum Gasteiger partial charge on any atom is -0.403 e. The molecule has 7 heteroatoms. The Kier molecular flexibility index (Phi) is 6.65. The van der Waals surface area contributed by atoms with E-state index in [0.29, 0.717) is 12.2 Å². The number of thioether (sulfide) groups is 1. The third-order valence-corrected chi connectivity index (χ3v) is 12.4. The lowest BCUT2D eigenvalue weighted by atomic mass is 10.2. The fraction of sp³-hybridized carbons (Fsp3) is 0.308. The maximum atomic E-state index is 12.3. The van der Waals surface area contributed by atoms with Crippen LogP contribution in [0.25, 0.3) is 0 Å². The van der Waals surface area contributed by atoms with Gasteiger partial charge in [0.15, 0.2) is 0 Å². The van der Waals surface area contributed by atoms with Gasteiger partial charge in [-0.3, -0.25) is 14.3 Å². The average molecular weight is 479 g/mol. The molecule has 0 fully saturated rings. The first-order valence-corrected chi connectivity index (χ1v) is 14.1. The molecule has 3 aromatic rings. The first-order chi connectivity index (χ1) is 15.7. The summed E-state index contributed by atoms with van der Waals surface area (Å²) in [6, 6.07) is 21.2. The standard InChI is InChI=1S/C26H30N2O3SSi/c1-19-16-28(25(30)27-24(19)29)23-15-20(18-32-23)17-31-33(26(2,3)4,21-11-7-5-8-12-21)22-13-9-6-10-14-22/h5-16,23H,17-18H2,1-4H3,(H,27,29,30). The van der Waals surface area contributed by atoms with Crippen molar-refractivity contribution in [2.24, 2.45) is 0 Å². The van der Waals surface area contributed by atoms with Gasteiger partial charge in [-0.15, -0.1) is 11.8 Å². The van der Waals surface area contributed by atoms with Crippen molar-refractivity contribution < 1.29 is 4.43 Å². The zero-order valence-corrected chi connectivity index (χ0v) is 21.3. The topological polar surface area (TPSA) is 64.1 Å². The number of nitrogens with zero attached hydrogens (tertiary/aromatic N) is 1. The maximum absolute atomic E-state index is 12.3. The molecule has 1 atom stereocenters. The lowest BCUT2D eigenvalue weighted by molar-refractivity contribution is 0.330. The van der Waals surface area contributed by atoms with Crippen molar-refractivity contribution >= 4 is 30.5 Å². The summed E-state index contributed by atoms with van der Waals surface area (Å²) in [5.74, 6) is 0.785.